The summed E-state index contributed by atoms with van der Waals surface area (Å²) in [6.07, 6.45) is 4.05. The molecule has 1 heterocycles. The molecule has 1 saturated carbocycles. The number of rotatable bonds is 5. The first-order valence-electron chi connectivity index (χ1n) is 5.97. The molecule has 2 rings (SSSR count). The quantitative estimate of drug-likeness (QED) is 0.829. The maximum absolute atomic E-state index is 5.44. The minimum atomic E-state index is 0.591. The van der Waals surface area contributed by atoms with E-state index in [1.165, 1.54) is 12.8 Å². The van der Waals surface area contributed by atoms with Crippen molar-refractivity contribution in [2.75, 3.05) is 11.9 Å². The molecule has 0 aromatic carbocycles. The van der Waals surface area contributed by atoms with E-state index in [-0.39, 0.29) is 0 Å². The second-order valence-corrected chi connectivity index (χ2v) is 4.24. The maximum Gasteiger partial charge on any atom is 0.221 e. The lowest BCUT2D eigenvalue weighted by molar-refractivity contribution is 0.324. The summed E-state index contributed by atoms with van der Waals surface area (Å²) in [5.74, 6) is 2.41. The van der Waals surface area contributed by atoms with Crippen molar-refractivity contribution in [1.29, 1.82) is 0 Å². The number of aromatic nitrogens is 2. The largest absolute Gasteiger partial charge is 0.478 e. The Morgan fingerprint density at radius 2 is 2.25 bits per heavy atom. The molecule has 0 bridgehead atoms. The number of anilines is 1. The van der Waals surface area contributed by atoms with Gasteiger partial charge in [0.25, 0.3) is 0 Å². The molecule has 0 aliphatic heterocycles. The van der Waals surface area contributed by atoms with Crippen molar-refractivity contribution in [3.63, 3.8) is 0 Å². The third kappa shape index (κ3) is 2.26. The summed E-state index contributed by atoms with van der Waals surface area (Å²) >= 11 is 0. The summed E-state index contributed by atoms with van der Waals surface area (Å²) in [6, 6.07) is 0.591. The Balaban J connectivity index is 2.06. The molecule has 1 N–H and O–H groups in total. The van der Waals surface area contributed by atoms with Gasteiger partial charge < -0.3 is 10.1 Å². The molecular weight excluding hydrogens is 202 g/mol. The zero-order valence-electron chi connectivity index (χ0n) is 10.2. The first-order chi connectivity index (χ1) is 7.76. The standard InChI is InChI=1S/C12H19N3O/c1-4-9-6-10(9)15-11-8(3)12(16-5-2)14-7-13-11/h7,9-10H,4-6H2,1-3H3,(H,13,14,15). The monoisotopic (exact) mass is 221 g/mol. The van der Waals surface area contributed by atoms with Gasteiger partial charge in [0.2, 0.25) is 5.88 Å². The van der Waals surface area contributed by atoms with E-state index in [1.54, 1.807) is 6.33 Å². The van der Waals surface area contributed by atoms with Crippen molar-refractivity contribution in [2.45, 2.75) is 39.7 Å². The van der Waals surface area contributed by atoms with Crippen LogP contribution in [0, 0.1) is 12.8 Å². The lowest BCUT2D eigenvalue weighted by Gasteiger charge is -2.10. The summed E-state index contributed by atoms with van der Waals surface area (Å²) in [5.41, 5.74) is 1.01. The Morgan fingerprint density at radius 1 is 1.44 bits per heavy atom. The van der Waals surface area contributed by atoms with Gasteiger partial charge in [-0.05, 0) is 26.2 Å². The van der Waals surface area contributed by atoms with Gasteiger partial charge in [-0.3, -0.25) is 0 Å². The van der Waals surface area contributed by atoms with Gasteiger partial charge in [-0.25, -0.2) is 9.97 Å². The highest BCUT2D eigenvalue weighted by Gasteiger charge is 2.35. The molecule has 1 aromatic rings. The van der Waals surface area contributed by atoms with Gasteiger partial charge in [-0.1, -0.05) is 13.3 Å². The third-order valence-corrected chi connectivity index (χ3v) is 3.09. The van der Waals surface area contributed by atoms with Gasteiger partial charge in [-0.15, -0.1) is 0 Å². The first kappa shape index (κ1) is 11.2. The van der Waals surface area contributed by atoms with Crippen LogP contribution in [0.25, 0.3) is 0 Å². The zero-order chi connectivity index (χ0) is 11.5. The van der Waals surface area contributed by atoms with E-state index >= 15 is 0 Å². The van der Waals surface area contributed by atoms with Crippen molar-refractivity contribution in [3.05, 3.63) is 11.9 Å². The summed E-state index contributed by atoms with van der Waals surface area (Å²) < 4.78 is 5.44. The fourth-order valence-electron chi connectivity index (χ4n) is 1.91. The minimum Gasteiger partial charge on any atom is -0.478 e. The van der Waals surface area contributed by atoms with E-state index in [0.717, 1.165) is 17.3 Å². The topological polar surface area (TPSA) is 47.0 Å². The molecule has 88 valence electrons. The molecule has 1 aliphatic rings. The normalized spacial score (nSPS) is 22.9. The lowest BCUT2D eigenvalue weighted by atomic mass is 10.3. The molecule has 1 aliphatic carbocycles. The van der Waals surface area contributed by atoms with Crippen molar-refractivity contribution in [3.8, 4) is 5.88 Å². The highest BCUT2D eigenvalue weighted by atomic mass is 16.5. The molecule has 0 amide bonds. The van der Waals surface area contributed by atoms with E-state index in [2.05, 4.69) is 22.2 Å². The smallest absolute Gasteiger partial charge is 0.221 e. The molecule has 4 heteroatoms. The van der Waals surface area contributed by atoms with Crippen LogP contribution in [0.2, 0.25) is 0 Å². The van der Waals surface area contributed by atoms with Crippen molar-refractivity contribution in [2.24, 2.45) is 5.92 Å². The highest BCUT2D eigenvalue weighted by molar-refractivity contribution is 5.49. The summed E-state index contributed by atoms with van der Waals surface area (Å²) in [7, 11) is 0. The van der Waals surface area contributed by atoms with Crippen LogP contribution in [-0.2, 0) is 0 Å². The van der Waals surface area contributed by atoms with E-state index in [0.29, 0.717) is 18.5 Å². The average Bonchev–Trinajstić information content (AvgIpc) is 3.03. The number of nitrogens with one attached hydrogen (secondary N) is 1. The number of ether oxygens (including phenoxy) is 1. The maximum atomic E-state index is 5.44. The van der Waals surface area contributed by atoms with Crippen molar-refractivity contribution in [1.82, 2.24) is 9.97 Å². The van der Waals surface area contributed by atoms with Crippen LogP contribution >= 0.6 is 0 Å². The predicted octanol–water partition coefficient (Wildman–Crippen LogP) is 2.39. The van der Waals surface area contributed by atoms with Crippen molar-refractivity contribution >= 4 is 5.82 Å². The molecule has 2 unspecified atom stereocenters. The van der Waals surface area contributed by atoms with E-state index in [9.17, 15) is 0 Å². The lowest BCUT2D eigenvalue weighted by Crippen LogP contribution is -2.09. The van der Waals surface area contributed by atoms with E-state index in [4.69, 9.17) is 4.74 Å². The molecule has 0 radical (unpaired) electrons. The van der Waals surface area contributed by atoms with Crippen LogP contribution in [0.5, 0.6) is 5.88 Å². The predicted molar refractivity (Wildman–Crippen MR) is 63.7 cm³/mol. The Labute approximate surface area is 96.4 Å². The van der Waals surface area contributed by atoms with E-state index in [1.807, 2.05) is 13.8 Å². The van der Waals surface area contributed by atoms with Gasteiger partial charge in [0.05, 0.1) is 12.2 Å². The summed E-state index contributed by atoms with van der Waals surface area (Å²) in [6.45, 7) is 6.82. The molecule has 2 atom stereocenters. The van der Waals surface area contributed by atoms with Gasteiger partial charge in [0.1, 0.15) is 12.1 Å². The third-order valence-electron chi connectivity index (χ3n) is 3.09. The second-order valence-electron chi connectivity index (χ2n) is 4.24. The zero-order valence-corrected chi connectivity index (χ0v) is 10.2. The Hall–Kier alpha value is -1.32. The highest BCUT2D eigenvalue weighted by Crippen LogP contribution is 2.36. The van der Waals surface area contributed by atoms with Crippen LogP contribution in [0.1, 0.15) is 32.3 Å². The molecule has 0 spiro atoms. The Bertz CT molecular complexity index is 367. The van der Waals surface area contributed by atoms with Crippen LogP contribution in [0.4, 0.5) is 5.82 Å². The van der Waals surface area contributed by atoms with Gasteiger partial charge >= 0.3 is 0 Å². The molecule has 4 nitrogen and oxygen atoms in total. The van der Waals surface area contributed by atoms with Crippen molar-refractivity contribution < 1.29 is 4.74 Å². The summed E-state index contributed by atoms with van der Waals surface area (Å²) in [4.78, 5) is 8.39. The van der Waals surface area contributed by atoms with E-state index < -0.39 is 0 Å². The Kier molecular flexibility index (Phi) is 3.27. The second kappa shape index (κ2) is 4.68. The fourth-order valence-corrected chi connectivity index (χ4v) is 1.91. The molecular formula is C12H19N3O. The average molecular weight is 221 g/mol. The molecule has 1 fully saturated rings. The van der Waals surface area contributed by atoms with Crippen LogP contribution in [0.15, 0.2) is 6.33 Å². The number of hydrogen-bond acceptors (Lipinski definition) is 4. The van der Waals surface area contributed by atoms with Gasteiger partial charge in [0.15, 0.2) is 0 Å². The van der Waals surface area contributed by atoms with Crippen LogP contribution < -0.4 is 10.1 Å². The SMILES string of the molecule is CCOc1ncnc(NC2CC2CC)c1C. The molecule has 16 heavy (non-hydrogen) atoms. The number of hydrogen-bond donors (Lipinski definition) is 1. The Morgan fingerprint density at radius 3 is 2.88 bits per heavy atom. The van der Waals surface area contributed by atoms with Crippen LogP contribution in [-0.4, -0.2) is 22.6 Å². The fraction of sp³-hybridized carbons (Fsp3) is 0.667. The summed E-state index contributed by atoms with van der Waals surface area (Å²) in [5, 5.41) is 3.45. The van der Waals surface area contributed by atoms with Gasteiger partial charge in [-0.2, -0.15) is 0 Å². The molecule has 1 aromatic heterocycles. The first-order valence-corrected chi connectivity index (χ1v) is 5.97. The molecule has 0 saturated heterocycles. The minimum absolute atomic E-state index is 0.591. The van der Waals surface area contributed by atoms with Crippen LogP contribution in [0.3, 0.4) is 0 Å². The number of nitrogens with zero attached hydrogens (tertiary/aromatic N) is 2. The van der Waals surface area contributed by atoms with Gasteiger partial charge in [0, 0.05) is 6.04 Å².